The molecule has 1 aromatic carbocycles. The Bertz CT molecular complexity index is 657. The van der Waals surface area contributed by atoms with Crippen molar-refractivity contribution in [3.05, 3.63) is 103 Å². The fraction of sp³-hybridized carbons (Fsp3) is 0.174. The molecule has 4 heteroatoms. The molecular formula is C23H24FeN2S. The summed E-state index contributed by atoms with van der Waals surface area (Å²) >= 11 is 1.78. The Labute approximate surface area is 180 Å². The Balaban J connectivity index is 0.000000379. The number of nitrogens with zero attached hydrogens (tertiary/aromatic N) is 2. The van der Waals surface area contributed by atoms with Crippen LogP contribution in [-0.2, 0) is 17.1 Å². The summed E-state index contributed by atoms with van der Waals surface area (Å²) in [7, 11) is 4.21. The molecule has 0 spiro atoms. The minimum Gasteiger partial charge on any atom is -0.309 e. The average Bonchev–Trinajstić information content (AvgIpc) is 3.37. The van der Waals surface area contributed by atoms with Gasteiger partial charge in [-0.05, 0) is 72.4 Å². The van der Waals surface area contributed by atoms with Crippen molar-refractivity contribution in [1.82, 2.24) is 9.88 Å². The van der Waals surface area contributed by atoms with E-state index in [0.29, 0.717) is 0 Å². The minimum atomic E-state index is 0. The monoisotopic (exact) mass is 416 g/mol. The molecular weight excluding hydrogens is 392 g/mol. The van der Waals surface area contributed by atoms with Crippen LogP contribution in [0.3, 0.4) is 0 Å². The van der Waals surface area contributed by atoms with Crippen LogP contribution in [0.1, 0.15) is 9.88 Å². The zero-order chi connectivity index (χ0) is 18.4. The third kappa shape index (κ3) is 6.42. The number of rotatable bonds is 4. The third-order valence-corrected chi connectivity index (χ3v) is 4.98. The van der Waals surface area contributed by atoms with E-state index in [9.17, 15) is 0 Å². The third-order valence-electron chi connectivity index (χ3n) is 3.97. The summed E-state index contributed by atoms with van der Waals surface area (Å²) in [6.45, 7) is 3.03. The van der Waals surface area contributed by atoms with Crippen molar-refractivity contribution >= 4 is 11.3 Å². The molecule has 0 amide bonds. The fourth-order valence-electron chi connectivity index (χ4n) is 2.88. The second kappa shape index (κ2) is 11.4. The van der Waals surface area contributed by atoms with E-state index in [4.69, 9.17) is 4.98 Å². The van der Waals surface area contributed by atoms with E-state index in [0.717, 1.165) is 17.2 Å². The van der Waals surface area contributed by atoms with Gasteiger partial charge in [-0.1, -0.05) is 30.3 Å². The molecule has 1 aromatic heterocycles. The zero-order valence-corrected chi connectivity index (χ0v) is 17.8. The SMILES string of the molecule is Cc1nc(-c2ccccc2)c([C]2[CH][CH][CH][C]2CN(C)C)s1.[CH]1[CH][CH][CH][CH]1.[Fe]. The van der Waals surface area contributed by atoms with Gasteiger partial charge in [0.05, 0.1) is 10.7 Å². The van der Waals surface area contributed by atoms with Crippen LogP contribution in [0.25, 0.3) is 11.3 Å². The Morgan fingerprint density at radius 3 is 2.11 bits per heavy atom. The molecule has 0 saturated heterocycles. The first kappa shape index (κ1) is 22.6. The van der Waals surface area contributed by atoms with Crippen LogP contribution in [-0.4, -0.2) is 30.5 Å². The maximum atomic E-state index is 4.76. The van der Waals surface area contributed by atoms with E-state index in [1.54, 1.807) is 11.3 Å². The van der Waals surface area contributed by atoms with E-state index in [-0.39, 0.29) is 17.1 Å². The first-order valence-corrected chi connectivity index (χ1v) is 9.56. The molecule has 2 aliphatic carbocycles. The molecule has 0 unspecified atom stereocenters. The van der Waals surface area contributed by atoms with Gasteiger partial charge in [-0.3, -0.25) is 0 Å². The average molecular weight is 416 g/mol. The van der Waals surface area contributed by atoms with Gasteiger partial charge in [0.25, 0.3) is 0 Å². The molecule has 0 bridgehead atoms. The molecule has 2 aromatic rings. The van der Waals surface area contributed by atoms with E-state index in [2.05, 4.69) is 69.4 Å². The predicted molar refractivity (Wildman–Crippen MR) is 111 cm³/mol. The summed E-state index contributed by atoms with van der Waals surface area (Å²) < 4.78 is 0. The van der Waals surface area contributed by atoms with Crippen LogP contribution in [0, 0.1) is 70.1 Å². The topological polar surface area (TPSA) is 16.1 Å². The molecule has 140 valence electrons. The molecule has 4 rings (SSSR count). The van der Waals surface area contributed by atoms with Gasteiger partial charge < -0.3 is 4.90 Å². The van der Waals surface area contributed by atoms with Crippen molar-refractivity contribution in [2.75, 3.05) is 20.6 Å². The number of benzene rings is 1. The predicted octanol–water partition coefficient (Wildman–Crippen LogP) is 4.82. The molecule has 0 N–H and O–H groups in total. The van der Waals surface area contributed by atoms with Gasteiger partial charge in [0, 0.05) is 45.9 Å². The summed E-state index contributed by atoms with van der Waals surface area (Å²) in [4.78, 5) is 8.24. The van der Waals surface area contributed by atoms with Crippen molar-refractivity contribution < 1.29 is 17.1 Å². The van der Waals surface area contributed by atoms with Crippen molar-refractivity contribution in [2.24, 2.45) is 0 Å². The standard InChI is InChI=1S/C18H19N2S.C5H5.Fe/c1-13-19-17(14-8-5-4-6-9-14)18(21-13)16-11-7-10-15(16)12-20(2)3;1-2-4-5-3-1;/h4-11H,12H2,1-3H3;1-5H;. The van der Waals surface area contributed by atoms with Gasteiger partial charge in [0.1, 0.15) is 0 Å². The second-order valence-corrected chi connectivity index (χ2v) is 7.64. The minimum absolute atomic E-state index is 0. The Kier molecular flexibility index (Phi) is 9.52. The van der Waals surface area contributed by atoms with Crippen molar-refractivity contribution in [3.63, 3.8) is 0 Å². The molecule has 0 atom stereocenters. The molecule has 2 aliphatic rings. The van der Waals surface area contributed by atoms with E-state index in [1.165, 1.54) is 22.3 Å². The quantitative estimate of drug-likeness (QED) is 0.665. The number of aromatic nitrogens is 1. The first-order valence-electron chi connectivity index (χ1n) is 8.74. The summed E-state index contributed by atoms with van der Waals surface area (Å²) in [6, 6.07) is 10.4. The van der Waals surface area contributed by atoms with Crippen LogP contribution in [0.2, 0.25) is 0 Å². The molecule has 27 heavy (non-hydrogen) atoms. The number of hydrogen-bond acceptors (Lipinski definition) is 3. The van der Waals surface area contributed by atoms with E-state index in [1.807, 2.05) is 38.2 Å². The maximum Gasteiger partial charge on any atom is 0.0904 e. The molecule has 2 fully saturated rings. The van der Waals surface area contributed by atoms with Crippen LogP contribution >= 0.6 is 11.3 Å². The summed E-state index contributed by atoms with van der Waals surface area (Å²) in [5.74, 6) is 2.67. The van der Waals surface area contributed by atoms with Crippen molar-refractivity contribution in [1.29, 1.82) is 0 Å². The fourth-order valence-corrected chi connectivity index (χ4v) is 3.88. The molecule has 1 heterocycles. The second-order valence-electron chi connectivity index (χ2n) is 6.44. The van der Waals surface area contributed by atoms with Gasteiger partial charge in [-0.2, -0.15) is 0 Å². The smallest absolute Gasteiger partial charge is 0.0904 e. The van der Waals surface area contributed by atoms with E-state index < -0.39 is 0 Å². The number of thiazole rings is 1. The number of hydrogen-bond donors (Lipinski definition) is 0. The zero-order valence-electron chi connectivity index (χ0n) is 15.9. The largest absolute Gasteiger partial charge is 0.309 e. The van der Waals surface area contributed by atoms with Crippen molar-refractivity contribution in [3.8, 4) is 11.3 Å². The van der Waals surface area contributed by atoms with Gasteiger partial charge >= 0.3 is 0 Å². The van der Waals surface area contributed by atoms with Crippen LogP contribution in [0.15, 0.2) is 30.3 Å². The molecule has 2 saturated carbocycles. The molecule has 2 nitrogen and oxygen atoms in total. The Morgan fingerprint density at radius 2 is 1.52 bits per heavy atom. The normalized spacial score (nSPS) is 17.6. The molecule has 10 radical (unpaired) electrons. The van der Waals surface area contributed by atoms with Crippen molar-refractivity contribution in [2.45, 2.75) is 6.92 Å². The summed E-state index contributed by atoms with van der Waals surface area (Å²) in [5.41, 5.74) is 2.29. The first-order chi connectivity index (χ1) is 12.6. The number of aryl methyl sites for hydroxylation is 1. The van der Waals surface area contributed by atoms with Crippen LogP contribution in [0.4, 0.5) is 0 Å². The summed E-state index contributed by atoms with van der Waals surface area (Å²) in [5, 5.41) is 1.11. The van der Waals surface area contributed by atoms with Crippen LogP contribution in [0.5, 0.6) is 0 Å². The van der Waals surface area contributed by atoms with Gasteiger partial charge in [0.2, 0.25) is 0 Å². The van der Waals surface area contributed by atoms with E-state index >= 15 is 0 Å². The Morgan fingerprint density at radius 1 is 0.889 bits per heavy atom. The van der Waals surface area contributed by atoms with Gasteiger partial charge in [-0.15, -0.1) is 11.3 Å². The maximum absolute atomic E-state index is 4.76. The summed E-state index contributed by atoms with van der Waals surface area (Å²) in [6.07, 6.45) is 16.6. The van der Waals surface area contributed by atoms with Gasteiger partial charge in [0.15, 0.2) is 0 Å². The van der Waals surface area contributed by atoms with Crippen LogP contribution < -0.4 is 0 Å². The molecule has 0 aliphatic heterocycles. The Hall–Kier alpha value is -0.671. The van der Waals surface area contributed by atoms with Gasteiger partial charge in [-0.25, -0.2) is 4.98 Å².